The Labute approximate surface area is 155 Å². The number of nitrogens with one attached hydrogen (secondary N) is 1. The van der Waals surface area contributed by atoms with Gasteiger partial charge >= 0.3 is 0 Å². The van der Waals surface area contributed by atoms with Gasteiger partial charge in [-0.25, -0.2) is 4.98 Å². The summed E-state index contributed by atoms with van der Waals surface area (Å²) < 4.78 is 1.86. The Morgan fingerprint density at radius 1 is 1.19 bits per heavy atom. The van der Waals surface area contributed by atoms with Gasteiger partial charge in [0, 0.05) is 50.9 Å². The lowest BCUT2D eigenvalue weighted by Crippen LogP contribution is -2.45. The zero-order valence-electron chi connectivity index (χ0n) is 15.9. The highest BCUT2D eigenvalue weighted by atomic mass is 15.3. The van der Waals surface area contributed by atoms with Gasteiger partial charge in [0.1, 0.15) is 0 Å². The number of benzene rings is 1. The van der Waals surface area contributed by atoms with Crippen LogP contribution in [0.2, 0.25) is 0 Å². The molecule has 5 nitrogen and oxygen atoms in total. The molecule has 1 saturated heterocycles. The van der Waals surface area contributed by atoms with E-state index in [1.807, 2.05) is 17.9 Å². The maximum atomic E-state index is 4.65. The van der Waals surface area contributed by atoms with Crippen molar-refractivity contribution in [2.24, 2.45) is 7.05 Å². The minimum Gasteiger partial charge on any atom is -0.314 e. The summed E-state index contributed by atoms with van der Waals surface area (Å²) in [7, 11) is 1.95. The molecule has 5 heteroatoms. The van der Waals surface area contributed by atoms with Gasteiger partial charge in [0.2, 0.25) is 0 Å². The second-order valence-electron chi connectivity index (χ2n) is 7.21. The minimum atomic E-state index is 0.403. The lowest BCUT2D eigenvalue weighted by molar-refractivity contribution is 0.153. The molecule has 0 aliphatic carbocycles. The van der Waals surface area contributed by atoms with Crippen molar-refractivity contribution in [1.82, 2.24) is 25.0 Å². The van der Waals surface area contributed by atoms with E-state index >= 15 is 0 Å². The smallest absolute Gasteiger partial charge is 0.157 e. The molecule has 26 heavy (non-hydrogen) atoms. The second kappa shape index (κ2) is 7.17. The van der Waals surface area contributed by atoms with Crippen molar-refractivity contribution in [1.29, 1.82) is 0 Å². The van der Waals surface area contributed by atoms with Crippen LogP contribution in [0, 0.1) is 6.92 Å². The average Bonchev–Trinajstić information content (AvgIpc) is 2.96. The van der Waals surface area contributed by atoms with Crippen LogP contribution >= 0.6 is 0 Å². The van der Waals surface area contributed by atoms with Gasteiger partial charge in [-0.15, -0.1) is 0 Å². The van der Waals surface area contributed by atoms with Crippen LogP contribution in [-0.4, -0.2) is 39.3 Å². The summed E-state index contributed by atoms with van der Waals surface area (Å²) >= 11 is 0. The Balaban J connectivity index is 1.59. The van der Waals surface area contributed by atoms with Gasteiger partial charge in [-0.1, -0.05) is 31.2 Å². The summed E-state index contributed by atoms with van der Waals surface area (Å²) in [4.78, 5) is 7.21. The molecule has 3 aromatic rings. The third-order valence-electron chi connectivity index (χ3n) is 5.43. The Kier molecular flexibility index (Phi) is 4.74. The number of fused-ring (bicyclic) bond motifs is 1. The summed E-state index contributed by atoms with van der Waals surface area (Å²) in [6, 6.07) is 11.8. The molecule has 4 rings (SSSR count). The van der Waals surface area contributed by atoms with Crippen LogP contribution in [0.1, 0.15) is 35.3 Å². The number of rotatable bonds is 4. The van der Waals surface area contributed by atoms with Crippen LogP contribution in [0.3, 0.4) is 0 Å². The molecule has 0 bridgehead atoms. The van der Waals surface area contributed by atoms with Gasteiger partial charge in [-0.2, -0.15) is 5.10 Å². The predicted octanol–water partition coefficient (Wildman–Crippen LogP) is 2.99. The van der Waals surface area contributed by atoms with E-state index in [1.165, 1.54) is 16.7 Å². The summed E-state index contributed by atoms with van der Waals surface area (Å²) in [5, 5.41) is 9.19. The van der Waals surface area contributed by atoms with E-state index in [4.69, 9.17) is 0 Å². The quantitative estimate of drug-likeness (QED) is 0.787. The predicted molar refractivity (Wildman–Crippen MR) is 105 cm³/mol. The first-order valence-electron chi connectivity index (χ1n) is 9.47. The topological polar surface area (TPSA) is 46.0 Å². The number of pyridine rings is 1. The molecule has 1 aliphatic rings. The summed E-state index contributed by atoms with van der Waals surface area (Å²) in [5.41, 5.74) is 6.04. The first-order valence-corrected chi connectivity index (χ1v) is 9.47. The SMILES string of the molecule is CCc1ccc(C2CNCCN2Cc2cnc3c(c2)c(C)nn3C)cc1. The van der Waals surface area contributed by atoms with Gasteiger partial charge in [0.15, 0.2) is 5.65 Å². The molecule has 1 unspecified atom stereocenters. The lowest BCUT2D eigenvalue weighted by Gasteiger charge is -2.36. The first-order chi connectivity index (χ1) is 12.7. The normalized spacial score (nSPS) is 18.5. The Morgan fingerprint density at radius 3 is 2.77 bits per heavy atom. The maximum Gasteiger partial charge on any atom is 0.157 e. The average molecular weight is 349 g/mol. The highest BCUT2D eigenvalue weighted by Crippen LogP contribution is 2.26. The molecule has 0 amide bonds. The largest absolute Gasteiger partial charge is 0.314 e. The van der Waals surface area contributed by atoms with Crippen LogP contribution in [-0.2, 0) is 20.0 Å². The van der Waals surface area contributed by atoms with Crippen molar-refractivity contribution in [2.75, 3.05) is 19.6 Å². The van der Waals surface area contributed by atoms with Crippen LogP contribution in [0.5, 0.6) is 0 Å². The lowest BCUT2D eigenvalue weighted by atomic mass is 10.0. The van der Waals surface area contributed by atoms with Gasteiger partial charge in [0.05, 0.1) is 5.69 Å². The zero-order chi connectivity index (χ0) is 18.1. The monoisotopic (exact) mass is 349 g/mol. The fourth-order valence-corrected chi connectivity index (χ4v) is 3.91. The van der Waals surface area contributed by atoms with Crippen LogP contribution in [0.15, 0.2) is 36.5 Å². The molecule has 0 radical (unpaired) electrons. The highest BCUT2D eigenvalue weighted by molar-refractivity contribution is 5.78. The van der Waals surface area contributed by atoms with Crippen molar-refractivity contribution in [3.05, 3.63) is 58.9 Å². The third-order valence-corrected chi connectivity index (χ3v) is 5.43. The molecule has 1 aliphatic heterocycles. The van der Waals surface area contributed by atoms with Crippen molar-refractivity contribution in [2.45, 2.75) is 32.9 Å². The number of piperazine rings is 1. The van der Waals surface area contributed by atoms with Gasteiger partial charge in [-0.05, 0) is 36.1 Å². The first kappa shape index (κ1) is 17.2. The number of hydrogen-bond acceptors (Lipinski definition) is 4. The summed E-state index contributed by atoms with van der Waals surface area (Å²) in [6.07, 6.45) is 3.09. The van der Waals surface area contributed by atoms with Gasteiger partial charge in [-0.3, -0.25) is 9.58 Å². The molecule has 136 valence electrons. The fraction of sp³-hybridized carbons (Fsp3) is 0.429. The standard InChI is InChI=1S/C21H27N5/c1-4-16-5-7-18(8-6-16)20-13-22-9-10-26(20)14-17-11-19-15(2)24-25(3)21(19)23-12-17/h5-8,11-12,20,22H,4,9-10,13-14H2,1-3H3. The summed E-state index contributed by atoms with van der Waals surface area (Å²) in [5.74, 6) is 0. The number of hydrogen-bond donors (Lipinski definition) is 1. The molecule has 1 aromatic carbocycles. The second-order valence-corrected chi connectivity index (χ2v) is 7.21. The van der Waals surface area contributed by atoms with E-state index in [-0.39, 0.29) is 0 Å². The van der Waals surface area contributed by atoms with Crippen molar-refractivity contribution in [3.63, 3.8) is 0 Å². The van der Waals surface area contributed by atoms with Crippen molar-refractivity contribution < 1.29 is 0 Å². The molecule has 3 heterocycles. The minimum absolute atomic E-state index is 0.403. The Bertz CT molecular complexity index is 897. The molecule has 2 aromatic heterocycles. The number of nitrogens with zero attached hydrogens (tertiary/aromatic N) is 4. The van der Waals surface area contributed by atoms with Gasteiger partial charge in [0.25, 0.3) is 0 Å². The number of aromatic nitrogens is 3. The van der Waals surface area contributed by atoms with Crippen molar-refractivity contribution >= 4 is 11.0 Å². The molecule has 0 saturated carbocycles. The van der Waals surface area contributed by atoms with E-state index in [0.29, 0.717) is 6.04 Å². The van der Waals surface area contributed by atoms with Crippen LogP contribution in [0.4, 0.5) is 0 Å². The van der Waals surface area contributed by atoms with E-state index in [1.54, 1.807) is 0 Å². The number of aryl methyl sites for hydroxylation is 3. The molecule has 1 atom stereocenters. The van der Waals surface area contributed by atoms with E-state index in [2.05, 4.69) is 64.5 Å². The Hall–Kier alpha value is -2.24. The fourth-order valence-electron chi connectivity index (χ4n) is 3.91. The van der Waals surface area contributed by atoms with Crippen molar-refractivity contribution in [3.8, 4) is 0 Å². The van der Waals surface area contributed by atoms with Crippen LogP contribution < -0.4 is 5.32 Å². The van der Waals surface area contributed by atoms with Crippen LogP contribution in [0.25, 0.3) is 11.0 Å². The van der Waals surface area contributed by atoms with E-state index in [9.17, 15) is 0 Å². The summed E-state index contributed by atoms with van der Waals surface area (Å²) in [6.45, 7) is 8.24. The maximum absolute atomic E-state index is 4.65. The molecule has 0 spiro atoms. The Morgan fingerprint density at radius 2 is 2.00 bits per heavy atom. The van der Waals surface area contributed by atoms with E-state index < -0.39 is 0 Å². The van der Waals surface area contributed by atoms with Gasteiger partial charge < -0.3 is 5.32 Å². The van der Waals surface area contributed by atoms with E-state index in [0.717, 1.165) is 49.3 Å². The molecule has 1 N–H and O–H groups in total. The third kappa shape index (κ3) is 3.24. The molecular formula is C21H27N5. The molecule has 1 fully saturated rings. The zero-order valence-corrected chi connectivity index (χ0v) is 15.9. The highest BCUT2D eigenvalue weighted by Gasteiger charge is 2.24. The molecular weight excluding hydrogens is 322 g/mol.